The maximum Gasteiger partial charge on any atom is 0.178 e. The number of aryl methyl sites for hydroxylation is 1. The highest BCUT2D eigenvalue weighted by Crippen LogP contribution is 2.49. The molecule has 0 N–H and O–H groups in total. The summed E-state index contributed by atoms with van der Waals surface area (Å²) in [6.45, 7) is 6.47. The number of furan rings is 1. The van der Waals surface area contributed by atoms with Crippen LogP contribution in [0.25, 0.3) is 21.9 Å². The summed E-state index contributed by atoms with van der Waals surface area (Å²) >= 11 is 0. The Hall–Kier alpha value is -3.08. The van der Waals surface area contributed by atoms with Crippen LogP contribution in [0.15, 0.2) is 53.2 Å². The third-order valence-corrected chi connectivity index (χ3v) is 5.50. The number of rotatable bonds is 1. The zero-order chi connectivity index (χ0) is 18.1. The van der Waals surface area contributed by atoms with Crippen LogP contribution in [-0.4, -0.2) is 22.7 Å². The van der Waals surface area contributed by atoms with Crippen LogP contribution in [0.3, 0.4) is 0 Å². The van der Waals surface area contributed by atoms with E-state index >= 15 is 0 Å². The minimum Gasteiger partial charge on any atom is -0.454 e. The first kappa shape index (κ1) is 15.2. The zero-order valence-corrected chi connectivity index (χ0v) is 15.3. The largest absolute Gasteiger partial charge is 0.454 e. The molecule has 0 spiro atoms. The summed E-state index contributed by atoms with van der Waals surface area (Å²) in [5.74, 6) is 1.74. The highest BCUT2D eigenvalue weighted by Gasteiger charge is 2.45. The van der Waals surface area contributed by atoms with Crippen molar-refractivity contribution in [2.24, 2.45) is 0 Å². The maximum atomic E-state index is 6.31. The molecule has 4 aromatic rings. The normalized spacial score (nSPS) is 15.8. The fraction of sp³-hybridized carbons (Fsp3) is 0.238. The van der Waals surface area contributed by atoms with Crippen LogP contribution in [0.5, 0.6) is 0 Å². The zero-order valence-electron chi connectivity index (χ0n) is 15.3. The Morgan fingerprint density at radius 1 is 0.923 bits per heavy atom. The molecule has 5 heteroatoms. The molecule has 0 radical (unpaired) electrons. The Labute approximate surface area is 151 Å². The third-order valence-electron chi connectivity index (χ3n) is 5.50. The average molecular weight is 344 g/mol. The number of nitrogens with zero attached hydrogens (tertiary/aromatic N) is 4. The summed E-state index contributed by atoms with van der Waals surface area (Å²) in [5.41, 5.74) is 3.68. The van der Waals surface area contributed by atoms with E-state index in [0.717, 1.165) is 44.8 Å². The number of para-hydroxylation sites is 1. The first-order valence-electron chi connectivity index (χ1n) is 8.76. The van der Waals surface area contributed by atoms with Gasteiger partial charge in [-0.1, -0.05) is 30.3 Å². The number of aromatic nitrogens is 2. The van der Waals surface area contributed by atoms with Crippen LogP contribution < -0.4 is 9.80 Å². The molecule has 1 aliphatic rings. The summed E-state index contributed by atoms with van der Waals surface area (Å²) in [7, 11) is 2.06. The molecule has 26 heavy (non-hydrogen) atoms. The van der Waals surface area contributed by atoms with E-state index in [9.17, 15) is 0 Å². The SMILES string of the molecule is Cc1ccc2c(oc3ccccc32)c1N1c2nccnc2N(C)C1(C)C. The monoisotopic (exact) mass is 344 g/mol. The van der Waals surface area contributed by atoms with Gasteiger partial charge < -0.3 is 9.32 Å². The molecule has 3 heterocycles. The van der Waals surface area contributed by atoms with Crippen molar-refractivity contribution < 1.29 is 4.42 Å². The Balaban J connectivity index is 1.88. The molecule has 5 nitrogen and oxygen atoms in total. The molecular formula is C21H20N4O. The molecule has 2 aromatic heterocycles. The van der Waals surface area contributed by atoms with E-state index in [1.807, 2.05) is 18.2 Å². The van der Waals surface area contributed by atoms with Gasteiger partial charge in [0, 0.05) is 30.2 Å². The van der Waals surface area contributed by atoms with Crippen LogP contribution in [-0.2, 0) is 0 Å². The first-order valence-corrected chi connectivity index (χ1v) is 8.76. The molecule has 1 aliphatic heterocycles. The van der Waals surface area contributed by atoms with Crippen molar-refractivity contribution in [2.75, 3.05) is 16.8 Å². The van der Waals surface area contributed by atoms with Gasteiger partial charge in [0.15, 0.2) is 17.2 Å². The highest BCUT2D eigenvalue weighted by molar-refractivity contribution is 6.10. The topological polar surface area (TPSA) is 45.4 Å². The van der Waals surface area contributed by atoms with Crippen LogP contribution in [0.2, 0.25) is 0 Å². The van der Waals surface area contributed by atoms with Gasteiger partial charge in [0.2, 0.25) is 0 Å². The van der Waals surface area contributed by atoms with Gasteiger partial charge in [-0.3, -0.25) is 4.90 Å². The molecular weight excluding hydrogens is 324 g/mol. The third kappa shape index (κ3) is 1.80. The van der Waals surface area contributed by atoms with Gasteiger partial charge in [0.25, 0.3) is 0 Å². The van der Waals surface area contributed by atoms with Crippen LogP contribution in [0.1, 0.15) is 19.4 Å². The predicted molar refractivity (Wildman–Crippen MR) is 105 cm³/mol. The second-order valence-electron chi connectivity index (χ2n) is 7.30. The van der Waals surface area contributed by atoms with E-state index in [0.29, 0.717) is 0 Å². The summed E-state index contributed by atoms with van der Waals surface area (Å²) < 4.78 is 6.31. The lowest BCUT2D eigenvalue weighted by atomic mass is 10.1. The van der Waals surface area contributed by atoms with E-state index in [2.05, 4.69) is 65.8 Å². The van der Waals surface area contributed by atoms with Crippen molar-refractivity contribution in [2.45, 2.75) is 26.4 Å². The molecule has 0 aliphatic carbocycles. The quantitative estimate of drug-likeness (QED) is 0.486. The number of hydrogen-bond acceptors (Lipinski definition) is 5. The minimum atomic E-state index is -0.318. The van der Waals surface area contributed by atoms with Crippen molar-refractivity contribution in [3.05, 3.63) is 54.4 Å². The van der Waals surface area contributed by atoms with Crippen molar-refractivity contribution in [3.8, 4) is 0 Å². The van der Waals surface area contributed by atoms with Crippen molar-refractivity contribution in [1.29, 1.82) is 0 Å². The lowest BCUT2D eigenvalue weighted by molar-refractivity contribution is 0.516. The number of hydrogen-bond donors (Lipinski definition) is 0. The maximum absolute atomic E-state index is 6.31. The highest BCUT2D eigenvalue weighted by atomic mass is 16.3. The Kier molecular flexibility index (Phi) is 2.91. The molecule has 0 bridgehead atoms. The van der Waals surface area contributed by atoms with E-state index in [1.165, 1.54) is 0 Å². The van der Waals surface area contributed by atoms with Gasteiger partial charge in [-0.2, -0.15) is 0 Å². The van der Waals surface area contributed by atoms with E-state index < -0.39 is 0 Å². The lowest BCUT2D eigenvalue weighted by Crippen LogP contribution is -2.49. The molecule has 2 aromatic carbocycles. The van der Waals surface area contributed by atoms with Gasteiger partial charge in [-0.05, 0) is 32.4 Å². The van der Waals surface area contributed by atoms with Gasteiger partial charge in [0.1, 0.15) is 11.2 Å². The van der Waals surface area contributed by atoms with Crippen LogP contribution in [0, 0.1) is 6.92 Å². The van der Waals surface area contributed by atoms with Crippen molar-refractivity contribution in [3.63, 3.8) is 0 Å². The Morgan fingerprint density at radius 2 is 1.65 bits per heavy atom. The predicted octanol–water partition coefficient (Wildman–Crippen LogP) is 5.01. The van der Waals surface area contributed by atoms with Crippen LogP contribution in [0.4, 0.5) is 17.3 Å². The standard InChI is InChI=1S/C21H20N4O/c1-13-9-10-15-14-7-5-6-8-16(14)26-18(15)17(13)25-20-19(22-11-12-23-20)24(4)21(25,2)3/h5-12H,1-4H3. The lowest BCUT2D eigenvalue weighted by Gasteiger charge is -2.38. The fourth-order valence-corrected chi connectivity index (χ4v) is 3.92. The Bertz CT molecular complexity index is 1160. The van der Waals surface area contributed by atoms with Gasteiger partial charge in [-0.15, -0.1) is 0 Å². The second-order valence-corrected chi connectivity index (χ2v) is 7.30. The summed E-state index contributed by atoms with van der Waals surface area (Å²) in [6.07, 6.45) is 3.48. The molecule has 0 saturated heterocycles. The molecule has 5 rings (SSSR count). The van der Waals surface area contributed by atoms with Crippen molar-refractivity contribution in [1.82, 2.24) is 9.97 Å². The smallest absolute Gasteiger partial charge is 0.178 e. The molecule has 130 valence electrons. The van der Waals surface area contributed by atoms with Gasteiger partial charge in [-0.25, -0.2) is 9.97 Å². The molecule has 0 atom stereocenters. The Morgan fingerprint density at radius 3 is 2.46 bits per heavy atom. The van der Waals surface area contributed by atoms with Gasteiger partial charge in [0.05, 0.1) is 5.69 Å². The fourth-order valence-electron chi connectivity index (χ4n) is 3.92. The summed E-state index contributed by atoms with van der Waals surface area (Å²) in [5, 5.41) is 2.26. The number of fused-ring (bicyclic) bond motifs is 4. The van der Waals surface area contributed by atoms with E-state index in [4.69, 9.17) is 4.42 Å². The molecule has 0 saturated carbocycles. The van der Waals surface area contributed by atoms with Crippen molar-refractivity contribution >= 4 is 39.3 Å². The second kappa shape index (κ2) is 4.97. The summed E-state index contributed by atoms with van der Waals surface area (Å²) in [4.78, 5) is 13.6. The first-order chi connectivity index (χ1) is 12.5. The minimum absolute atomic E-state index is 0.318. The number of anilines is 3. The average Bonchev–Trinajstić information content (AvgIpc) is 3.10. The van der Waals surface area contributed by atoms with E-state index in [-0.39, 0.29) is 5.66 Å². The van der Waals surface area contributed by atoms with Crippen LogP contribution >= 0.6 is 0 Å². The molecule has 0 amide bonds. The number of benzene rings is 2. The van der Waals surface area contributed by atoms with E-state index in [1.54, 1.807) is 12.4 Å². The molecule has 0 unspecified atom stereocenters. The molecule has 0 fully saturated rings. The van der Waals surface area contributed by atoms with Gasteiger partial charge >= 0.3 is 0 Å². The summed E-state index contributed by atoms with van der Waals surface area (Å²) in [6, 6.07) is 12.5.